The third-order valence-corrected chi connectivity index (χ3v) is 1.69. The van der Waals surface area contributed by atoms with Gasteiger partial charge in [-0.1, -0.05) is 11.6 Å². The van der Waals surface area contributed by atoms with E-state index in [0.717, 1.165) is 6.07 Å². The summed E-state index contributed by atoms with van der Waals surface area (Å²) in [7, 11) is 0. The van der Waals surface area contributed by atoms with E-state index in [4.69, 9.17) is 21.8 Å². The summed E-state index contributed by atoms with van der Waals surface area (Å²) >= 11 is 5.34. The molecule has 1 aromatic rings. The summed E-state index contributed by atoms with van der Waals surface area (Å²) in [6, 6.07) is 0.909. The summed E-state index contributed by atoms with van der Waals surface area (Å²) in [6.45, 7) is -0.500. The van der Waals surface area contributed by atoms with E-state index < -0.39 is 29.5 Å². The van der Waals surface area contributed by atoms with Crippen LogP contribution in [0.2, 0.25) is 5.15 Å². The average Bonchev–Trinajstić information content (AvgIpc) is 2.09. The number of alkyl halides is 2. The molecule has 0 unspecified atom stereocenters. The molecule has 0 spiro atoms. The van der Waals surface area contributed by atoms with Crippen LogP contribution in [0.3, 0.4) is 0 Å². The fraction of sp³-hybridized carbons (Fsp3) is 0.286. The van der Waals surface area contributed by atoms with Gasteiger partial charge < -0.3 is 10.2 Å². The molecule has 0 radical (unpaired) electrons. The van der Waals surface area contributed by atoms with Gasteiger partial charge in [-0.15, -0.1) is 0 Å². The van der Waals surface area contributed by atoms with Gasteiger partial charge in [0.2, 0.25) is 0 Å². The van der Waals surface area contributed by atoms with Crippen molar-refractivity contribution in [1.29, 1.82) is 0 Å². The van der Waals surface area contributed by atoms with E-state index in [-0.39, 0.29) is 5.69 Å². The van der Waals surface area contributed by atoms with Crippen molar-refractivity contribution in [1.82, 2.24) is 4.98 Å². The number of aliphatic hydroxyl groups excluding tert-OH is 1. The summed E-state index contributed by atoms with van der Waals surface area (Å²) in [5.74, 6) is -0.742. The van der Waals surface area contributed by atoms with E-state index in [0.29, 0.717) is 0 Å². The highest BCUT2D eigenvalue weighted by molar-refractivity contribution is 6.30. The van der Waals surface area contributed by atoms with Crippen LogP contribution >= 0.6 is 11.6 Å². The Balaban J connectivity index is 3.25. The molecule has 0 aliphatic heterocycles. The second-order valence-corrected chi connectivity index (χ2v) is 2.66. The summed E-state index contributed by atoms with van der Waals surface area (Å²) < 4.78 is 24.4. The summed E-state index contributed by atoms with van der Waals surface area (Å²) in [5, 5.41) is 17.2. The second-order valence-electron chi connectivity index (χ2n) is 2.30. The molecule has 2 N–H and O–H groups in total. The highest BCUT2D eigenvalue weighted by Gasteiger charge is 2.17. The third-order valence-electron chi connectivity index (χ3n) is 1.43. The largest absolute Gasteiger partial charge is 0.504 e. The lowest BCUT2D eigenvalue weighted by atomic mass is 10.2. The molecular formula is C7H6ClF2NO2. The molecule has 0 aliphatic carbocycles. The Morgan fingerprint density at radius 1 is 1.54 bits per heavy atom. The number of hydrogen-bond donors (Lipinski definition) is 2. The van der Waals surface area contributed by atoms with Crippen molar-refractivity contribution in [3.8, 4) is 5.75 Å². The topological polar surface area (TPSA) is 53.4 Å². The third kappa shape index (κ3) is 2.05. The lowest BCUT2D eigenvalue weighted by Crippen LogP contribution is -1.95. The summed E-state index contributed by atoms with van der Waals surface area (Å²) in [6.07, 6.45) is -2.84. The van der Waals surface area contributed by atoms with Crippen molar-refractivity contribution in [2.75, 3.05) is 0 Å². The molecular weight excluding hydrogens is 204 g/mol. The van der Waals surface area contributed by atoms with Crippen LogP contribution in [-0.2, 0) is 6.61 Å². The number of aromatic nitrogens is 1. The van der Waals surface area contributed by atoms with Crippen LogP contribution < -0.4 is 0 Å². The summed E-state index contributed by atoms with van der Waals surface area (Å²) in [4.78, 5) is 3.47. The molecule has 0 saturated heterocycles. The van der Waals surface area contributed by atoms with Crippen molar-refractivity contribution in [2.45, 2.75) is 13.0 Å². The van der Waals surface area contributed by atoms with Gasteiger partial charge in [-0.3, -0.25) is 0 Å². The first-order valence-corrected chi connectivity index (χ1v) is 3.71. The minimum absolute atomic E-state index is 0.00176. The Hall–Kier alpha value is -0.940. The van der Waals surface area contributed by atoms with E-state index in [1.165, 1.54) is 0 Å². The minimum Gasteiger partial charge on any atom is -0.504 e. The molecule has 1 rings (SSSR count). The van der Waals surface area contributed by atoms with Crippen molar-refractivity contribution in [2.24, 2.45) is 0 Å². The maximum Gasteiger partial charge on any atom is 0.267 e. The number of hydrogen-bond acceptors (Lipinski definition) is 3. The summed E-state index contributed by atoms with van der Waals surface area (Å²) in [5.41, 5.74) is -0.623. The second kappa shape index (κ2) is 3.85. The van der Waals surface area contributed by atoms with E-state index in [2.05, 4.69) is 4.98 Å². The van der Waals surface area contributed by atoms with Crippen LogP contribution in [-0.4, -0.2) is 15.2 Å². The molecule has 0 atom stereocenters. The number of nitrogens with zero attached hydrogens (tertiary/aromatic N) is 1. The Morgan fingerprint density at radius 3 is 2.62 bits per heavy atom. The lowest BCUT2D eigenvalue weighted by Gasteiger charge is -2.06. The normalized spacial score (nSPS) is 10.8. The van der Waals surface area contributed by atoms with Gasteiger partial charge >= 0.3 is 0 Å². The number of aromatic hydroxyl groups is 1. The fourth-order valence-corrected chi connectivity index (χ4v) is 1.04. The fourth-order valence-electron chi connectivity index (χ4n) is 0.826. The number of pyridine rings is 1. The van der Waals surface area contributed by atoms with Gasteiger partial charge in [0.1, 0.15) is 0 Å². The molecule has 72 valence electrons. The zero-order valence-corrected chi connectivity index (χ0v) is 7.09. The monoisotopic (exact) mass is 209 g/mol. The van der Waals surface area contributed by atoms with E-state index >= 15 is 0 Å². The van der Waals surface area contributed by atoms with Gasteiger partial charge in [0, 0.05) is 0 Å². The van der Waals surface area contributed by atoms with Crippen molar-refractivity contribution in [3.63, 3.8) is 0 Å². The highest BCUT2D eigenvalue weighted by atomic mass is 35.5. The molecule has 1 aromatic heterocycles. The van der Waals surface area contributed by atoms with Crippen LogP contribution in [0.4, 0.5) is 8.78 Å². The number of aliphatic hydroxyl groups is 1. The van der Waals surface area contributed by atoms with Gasteiger partial charge in [0.25, 0.3) is 6.43 Å². The zero-order valence-electron chi connectivity index (χ0n) is 6.34. The zero-order chi connectivity index (χ0) is 10.0. The Morgan fingerprint density at radius 2 is 2.15 bits per heavy atom. The van der Waals surface area contributed by atoms with Crippen LogP contribution in [0, 0.1) is 0 Å². The van der Waals surface area contributed by atoms with Gasteiger partial charge in [-0.05, 0) is 6.07 Å². The molecule has 13 heavy (non-hydrogen) atoms. The van der Waals surface area contributed by atoms with Crippen LogP contribution in [0.1, 0.15) is 17.7 Å². The Kier molecular flexibility index (Phi) is 3.00. The first kappa shape index (κ1) is 10.1. The molecule has 0 aromatic carbocycles. The van der Waals surface area contributed by atoms with Crippen LogP contribution in [0.25, 0.3) is 0 Å². The quantitative estimate of drug-likeness (QED) is 0.731. The van der Waals surface area contributed by atoms with Gasteiger partial charge in [-0.2, -0.15) is 0 Å². The number of rotatable bonds is 2. The first-order chi connectivity index (χ1) is 6.06. The maximum atomic E-state index is 12.2. The van der Waals surface area contributed by atoms with Gasteiger partial charge in [0.05, 0.1) is 17.9 Å². The van der Waals surface area contributed by atoms with Crippen LogP contribution in [0.5, 0.6) is 5.75 Å². The molecule has 3 nitrogen and oxygen atoms in total. The van der Waals surface area contributed by atoms with Gasteiger partial charge in [0.15, 0.2) is 10.9 Å². The average molecular weight is 210 g/mol. The molecule has 0 bridgehead atoms. The molecule has 6 heteroatoms. The highest BCUT2D eigenvalue weighted by Crippen LogP contribution is 2.33. The molecule has 0 saturated carbocycles. The standard InChI is InChI=1S/C7H6ClF2NO2/c8-6-5(13)4(7(9)10)1-3(2-12)11-6/h1,7,12-13H,2H2. The Bertz CT molecular complexity index is 320. The van der Waals surface area contributed by atoms with Crippen molar-refractivity contribution < 1.29 is 19.0 Å². The molecule has 0 fully saturated rings. The van der Waals surface area contributed by atoms with E-state index in [9.17, 15) is 8.78 Å². The van der Waals surface area contributed by atoms with Crippen molar-refractivity contribution >= 4 is 11.6 Å². The van der Waals surface area contributed by atoms with Crippen LogP contribution in [0.15, 0.2) is 6.07 Å². The minimum atomic E-state index is -2.84. The first-order valence-electron chi connectivity index (χ1n) is 3.33. The predicted octanol–water partition coefficient (Wildman–Crippen LogP) is 1.87. The van der Waals surface area contributed by atoms with Crippen molar-refractivity contribution in [3.05, 3.63) is 22.5 Å². The van der Waals surface area contributed by atoms with Gasteiger partial charge in [-0.25, -0.2) is 13.8 Å². The van der Waals surface area contributed by atoms with E-state index in [1.54, 1.807) is 0 Å². The SMILES string of the molecule is OCc1cc(C(F)F)c(O)c(Cl)n1. The smallest absolute Gasteiger partial charge is 0.267 e. The Labute approximate surface area is 77.6 Å². The lowest BCUT2D eigenvalue weighted by molar-refractivity contribution is 0.147. The van der Waals surface area contributed by atoms with E-state index in [1.807, 2.05) is 0 Å². The maximum absolute atomic E-state index is 12.2. The molecule has 1 heterocycles. The molecule has 0 aliphatic rings. The number of halogens is 3. The molecule has 0 amide bonds. The predicted molar refractivity (Wildman–Crippen MR) is 41.8 cm³/mol.